The van der Waals surface area contributed by atoms with E-state index in [1.807, 2.05) is 0 Å². The van der Waals surface area contributed by atoms with Gasteiger partial charge in [0, 0.05) is 17.3 Å². The van der Waals surface area contributed by atoms with Crippen molar-refractivity contribution in [2.45, 2.75) is 0 Å². The van der Waals surface area contributed by atoms with Gasteiger partial charge in [0.25, 0.3) is 5.91 Å². The summed E-state index contributed by atoms with van der Waals surface area (Å²) < 4.78 is 10.3. The van der Waals surface area contributed by atoms with Crippen LogP contribution in [0.15, 0.2) is 53.7 Å². The Hall–Kier alpha value is -4.48. The third-order valence-corrected chi connectivity index (χ3v) is 3.66. The summed E-state index contributed by atoms with van der Waals surface area (Å²) in [6, 6.07) is 16.4. The van der Waals surface area contributed by atoms with E-state index in [2.05, 4.69) is 10.6 Å². The number of nitriles is 3. The zero-order chi connectivity index (χ0) is 20.5. The molecule has 0 aliphatic heterocycles. The minimum absolute atomic E-state index is 0.179. The van der Waals surface area contributed by atoms with Gasteiger partial charge in [0.2, 0.25) is 0 Å². The van der Waals surface area contributed by atoms with Gasteiger partial charge in [-0.2, -0.15) is 15.8 Å². The molecule has 28 heavy (non-hydrogen) atoms. The zero-order valence-electron chi connectivity index (χ0n) is 15.1. The van der Waals surface area contributed by atoms with E-state index in [9.17, 15) is 4.79 Å². The molecular weight excluding hydrogens is 358 g/mol. The number of anilines is 2. The van der Waals surface area contributed by atoms with Crippen LogP contribution in [-0.4, -0.2) is 20.1 Å². The number of nitrogens with one attached hydrogen (secondary N) is 2. The van der Waals surface area contributed by atoms with Crippen LogP contribution in [0.3, 0.4) is 0 Å². The van der Waals surface area contributed by atoms with Crippen LogP contribution < -0.4 is 20.1 Å². The van der Waals surface area contributed by atoms with Crippen LogP contribution in [0.25, 0.3) is 0 Å². The molecule has 0 fully saturated rings. The van der Waals surface area contributed by atoms with Crippen molar-refractivity contribution in [3.05, 3.63) is 59.3 Å². The van der Waals surface area contributed by atoms with Gasteiger partial charge in [-0.3, -0.25) is 4.79 Å². The van der Waals surface area contributed by atoms with Crippen LogP contribution in [0.5, 0.6) is 11.5 Å². The Kier molecular flexibility index (Phi) is 6.58. The average Bonchev–Trinajstić information content (AvgIpc) is 2.74. The lowest BCUT2D eigenvalue weighted by Gasteiger charge is -2.13. The van der Waals surface area contributed by atoms with Crippen molar-refractivity contribution in [3.63, 3.8) is 0 Å². The fourth-order valence-corrected chi connectivity index (χ4v) is 2.24. The fourth-order valence-electron chi connectivity index (χ4n) is 2.24. The molecule has 0 aliphatic rings. The van der Waals surface area contributed by atoms with Crippen LogP contribution in [0.2, 0.25) is 0 Å². The average molecular weight is 373 g/mol. The second-order valence-electron chi connectivity index (χ2n) is 5.31. The quantitative estimate of drug-likeness (QED) is 0.743. The number of benzene rings is 2. The summed E-state index contributed by atoms with van der Waals surface area (Å²) in [5.74, 6) is 0.634. The normalized spacial score (nSPS) is 9.11. The summed E-state index contributed by atoms with van der Waals surface area (Å²) in [6.45, 7) is 0. The van der Waals surface area contributed by atoms with Crippen LogP contribution >= 0.6 is 0 Å². The number of hydrogen-bond donors (Lipinski definition) is 2. The van der Waals surface area contributed by atoms with Crippen molar-refractivity contribution in [3.8, 4) is 29.7 Å². The number of rotatable bonds is 6. The maximum atomic E-state index is 12.4. The zero-order valence-corrected chi connectivity index (χ0v) is 15.1. The SMILES string of the molecule is COc1ccc(C(=O)Nc2ccc(NC(C#N)=C(C#N)C#N)cc2OC)cc1. The summed E-state index contributed by atoms with van der Waals surface area (Å²) in [6.07, 6.45) is 0. The Morgan fingerprint density at radius 1 is 0.893 bits per heavy atom. The highest BCUT2D eigenvalue weighted by Gasteiger charge is 2.12. The second kappa shape index (κ2) is 9.28. The Morgan fingerprint density at radius 3 is 2.11 bits per heavy atom. The molecule has 0 bridgehead atoms. The highest BCUT2D eigenvalue weighted by molar-refractivity contribution is 6.05. The summed E-state index contributed by atoms with van der Waals surface area (Å²) in [5, 5.41) is 32.3. The molecule has 2 rings (SSSR count). The van der Waals surface area contributed by atoms with Gasteiger partial charge in [0.15, 0.2) is 5.57 Å². The van der Waals surface area contributed by atoms with Crippen LogP contribution in [0, 0.1) is 34.0 Å². The molecule has 8 nitrogen and oxygen atoms in total. The van der Waals surface area contributed by atoms with Crippen LogP contribution in [0.1, 0.15) is 10.4 Å². The molecular formula is C20H15N5O3. The molecule has 0 saturated carbocycles. The first-order valence-corrected chi connectivity index (χ1v) is 7.91. The second-order valence-corrected chi connectivity index (χ2v) is 5.31. The Morgan fingerprint density at radius 2 is 1.57 bits per heavy atom. The number of hydrogen-bond acceptors (Lipinski definition) is 7. The molecule has 0 atom stereocenters. The monoisotopic (exact) mass is 373 g/mol. The molecule has 8 heteroatoms. The predicted octanol–water partition coefficient (Wildman–Crippen LogP) is 3.19. The lowest BCUT2D eigenvalue weighted by atomic mass is 10.2. The number of amides is 1. The van der Waals surface area contributed by atoms with E-state index in [-0.39, 0.29) is 17.2 Å². The largest absolute Gasteiger partial charge is 0.497 e. The predicted molar refractivity (Wildman–Crippen MR) is 101 cm³/mol. The van der Waals surface area contributed by atoms with Crippen LogP contribution in [0.4, 0.5) is 11.4 Å². The van der Waals surface area contributed by atoms with Gasteiger partial charge in [-0.15, -0.1) is 0 Å². The van der Waals surface area contributed by atoms with Crippen molar-refractivity contribution < 1.29 is 14.3 Å². The molecule has 1 amide bonds. The minimum Gasteiger partial charge on any atom is -0.497 e. The standard InChI is InChI=1S/C20H15N5O3/c1-27-16-6-3-13(4-7-16)20(26)25-17-8-5-15(9-19(17)28-2)24-18(12-23)14(10-21)11-22/h3-9,24H,1-2H3,(H,25,26). The molecule has 0 unspecified atom stereocenters. The number of nitrogens with zero attached hydrogens (tertiary/aromatic N) is 3. The first-order valence-electron chi connectivity index (χ1n) is 7.91. The third-order valence-electron chi connectivity index (χ3n) is 3.66. The topological polar surface area (TPSA) is 131 Å². The molecule has 2 N–H and O–H groups in total. The highest BCUT2D eigenvalue weighted by Crippen LogP contribution is 2.29. The lowest BCUT2D eigenvalue weighted by molar-refractivity contribution is 0.102. The molecule has 0 saturated heterocycles. The maximum Gasteiger partial charge on any atom is 0.255 e. The van der Waals surface area contributed by atoms with E-state index in [1.54, 1.807) is 61.7 Å². The van der Waals surface area contributed by atoms with Gasteiger partial charge in [-0.1, -0.05) is 0 Å². The molecule has 138 valence electrons. The van der Waals surface area contributed by atoms with Gasteiger partial charge in [0.05, 0.1) is 19.9 Å². The number of methoxy groups -OCH3 is 2. The van der Waals surface area contributed by atoms with Crippen molar-refractivity contribution in [1.82, 2.24) is 0 Å². The third kappa shape index (κ3) is 4.57. The van der Waals surface area contributed by atoms with Gasteiger partial charge >= 0.3 is 0 Å². The highest BCUT2D eigenvalue weighted by atomic mass is 16.5. The summed E-state index contributed by atoms with van der Waals surface area (Å²) >= 11 is 0. The lowest BCUT2D eigenvalue weighted by Crippen LogP contribution is -2.12. The van der Waals surface area contributed by atoms with Crippen molar-refractivity contribution in [2.75, 3.05) is 24.9 Å². The fraction of sp³-hybridized carbons (Fsp3) is 0.100. The van der Waals surface area contributed by atoms with Crippen LogP contribution in [-0.2, 0) is 0 Å². The van der Waals surface area contributed by atoms with Crippen molar-refractivity contribution in [1.29, 1.82) is 15.8 Å². The summed E-state index contributed by atoms with van der Waals surface area (Å²) in [4.78, 5) is 12.4. The van der Waals surface area contributed by atoms with E-state index >= 15 is 0 Å². The molecule has 0 aliphatic carbocycles. The molecule has 0 heterocycles. The number of ether oxygens (including phenoxy) is 2. The van der Waals surface area contributed by atoms with Gasteiger partial charge in [-0.05, 0) is 36.4 Å². The number of allylic oxidation sites excluding steroid dienone is 2. The van der Waals surface area contributed by atoms with Gasteiger partial charge in [-0.25, -0.2) is 0 Å². The van der Waals surface area contributed by atoms with Gasteiger partial charge in [0.1, 0.15) is 35.4 Å². The molecule has 2 aromatic rings. The number of carbonyl (C=O) groups is 1. The van der Waals surface area contributed by atoms with E-state index in [4.69, 9.17) is 25.3 Å². The van der Waals surface area contributed by atoms with Crippen molar-refractivity contribution >= 4 is 17.3 Å². The Labute approximate surface area is 161 Å². The molecule has 0 spiro atoms. The van der Waals surface area contributed by atoms with Gasteiger partial charge < -0.3 is 20.1 Å². The Bertz CT molecular complexity index is 1020. The van der Waals surface area contributed by atoms with Crippen molar-refractivity contribution in [2.24, 2.45) is 0 Å². The number of carbonyl (C=O) groups excluding carboxylic acids is 1. The van der Waals surface area contributed by atoms with E-state index in [0.717, 1.165) is 0 Å². The van der Waals surface area contributed by atoms with E-state index < -0.39 is 0 Å². The molecule has 0 radical (unpaired) electrons. The minimum atomic E-state index is -0.337. The first kappa shape index (κ1) is 19.8. The van der Waals surface area contributed by atoms with E-state index in [1.165, 1.54) is 13.2 Å². The summed E-state index contributed by atoms with van der Waals surface area (Å²) in [5.41, 5.74) is 0.754. The first-order chi connectivity index (χ1) is 13.6. The summed E-state index contributed by atoms with van der Waals surface area (Å²) in [7, 11) is 2.97. The smallest absolute Gasteiger partial charge is 0.255 e. The molecule has 2 aromatic carbocycles. The molecule has 0 aromatic heterocycles. The Balaban J connectivity index is 2.24. The van der Waals surface area contributed by atoms with E-state index in [0.29, 0.717) is 28.4 Å². The maximum absolute atomic E-state index is 12.4.